The van der Waals surface area contributed by atoms with Gasteiger partial charge >= 0.3 is 0 Å². The monoisotopic (exact) mass is 403 g/mol. The number of hydrogen-bond donors (Lipinski definition) is 1. The van der Waals surface area contributed by atoms with Crippen LogP contribution in [0.1, 0.15) is 10.4 Å². The van der Waals surface area contributed by atoms with E-state index in [0.29, 0.717) is 58.6 Å². The van der Waals surface area contributed by atoms with Gasteiger partial charge in [-0.25, -0.2) is 0 Å². The van der Waals surface area contributed by atoms with Crippen LogP contribution in [0.15, 0.2) is 30.6 Å². The van der Waals surface area contributed by atoms with Crippen LogP contribution < -0.4 is 10.6 Å². The molecule has 1 aliphatic heterocycles. The predicted molar refractivity (Wildman–Crippen MR) is 104 cm³/mol. The van der Waals surface area contributed by atoms with Crippen LogP contribution in [0.5, 0.6) is 0 Å². The van der Waals surface area contributed by atoms with E-state index in [2.05, 4.69) is 15.2 Å². The second kappa shape index (κ2) is 7.26. The number of primary amides is 1. The molecule has 0 aliphatic carbocycles. The fraction of sp³-hybridized carbons (Fsp3) is 0.222. The van der Waals surface area contributed by atoms with E-state index in [1.54, 1.807) is 24.4 Å². The van der Waals surface area contributed by atoms with E-state index in [1.165, 1.54) is 6.20 Å². The summed E-state index contributed by atoms with van der Waals surface area (Å²) in [4.78, 5) is 18.5. The van der Waals surface area contributed by atoms with Crippen molar-refractivity contribution in [2.75, 3.05) is 31.2 Å². The second-order valence-corrected chi connectivity index (χ2v) is 6.97. The van der Waals surface area contributed by atoms with Gasteiger partial charge in [0.05, 0.1) is 30.7 Å². The lowest BCUT2D eigenvalue weighted by Gasteiger charge is -2.30. The lowest BCUT2D eigenvalue weighted by atomic mass is 10.0. The predicted octanol–water partition coefficient (Wildman–Crippen LogP) is 2.93. The summed E-state index contributed by atoms with van der Waals surface area (Å²) in [5.74, 6) is -0.566. The number of hydrogen-bond acceptors (Lipinski definition) is 6. The molecular formula is C18H15Cl2N5O2. The molecule has 1 amide bonds. The number of anilines is 1. The van der Waals surface area contributed by atoms with Gasteiger partial charge in [-0.05, 0) is 23.8 Å². The van der Waals surface area contributed by atoms with Crippen LogP contribution in [-0.2, 0) is 4.74 Å². The van der Waals surface area contributed by atoms with E-state index < -0.39 is 5.91 Å². The first-order valence-corrected chi connectivity index (χ1v) is 9.03. The minimum absolute atomic E-state index is 0.306. The molecule has 138 valence electrons. The first kappa shape index (κ1) is 17.9. The maximum Gasteiger partial charge on any atom is 0.252 e. The standard InChI is InChI=1S/C18H15Cl2N5O2/c19-11-5-10(6-12(20)7-11)13-9-23-24-16-15(13)22-8-14(18(21)26)17(16)25-1-3-27-4-2-25/h5-9H,1-4H2,(H2,21,26). The molecule has 9 heteroatoms. The molecule has 1 saturated heterocycles. The molecule has 0 saturated carbocycles. The third-order valence-electron chi connectivity index (χ3n) is 4.39. The topological polar surface area (TPSA) is 94.2 Å². The molecule has 27 heavy (non-hydrogen) atoms. The Morgan fingerprint density at radius 1 is 1.07 bits per heavy atom. The van der Waals surface area contributed by atoms with Gasteiger partial charge in [-0.3, -0.25) is 9.78 Å². The number of benzene rings is 1. The van der Waals surface area contributed by atoms with Crippen LogP contribution >= 0.6 is 23.2 Å². The summed E-state index contributed by atoms with van der Waals surface area (Å²) in [5, 5.41) is 9.39. The first-order valence-electron chi connectivity index (χ1n) is 8.28. The van der Waals surface area contributed by atoms with Crippen LogP contribution in [0.4, 0.5) is 5.69 Å². The van der Waals surface area contributed by atoms with Gasteiger partial charge in [0, 0.05) is 34.9 Å². The Bertz CT molecular complexity index is 1020. The number of fused-ring (bicyclic) bond motifs is 1. The fourth-order valence-corrected chi connectivity index (χ4v) is 3.72. The number of carbonyl (C=O) groups is 1. The smallest absolute Gasteiger partial charge is 0.252 e. The summed E-state index contributed by atoms with van der Waals surface area (Å²) >= 11 is 12.3. The highest BCUT2D eigenvalue weighted by atomic mass is 35.5. The first-order chi connectivity index (χ1) is 13.0. The number of halogens is 2. The SMILES string of the molecule is NC(=O)c1cnc2c(-c3cc(Cl)cc(Cl)c3)cnnc2c1N1CCOCC1. The second-order valence-electron chi connectivity index (χ2n) is 6.10. The molecule has 0 spiro atoms. The van der Waals surface area contributed by atoms with Crippen LogP contribution in [0.25, 0.3) is 22.2 Å². The fourth-order valence-electron chi connectivity index (χ4n) is 3.20. The van der Waals surface area contributed by atoms with E-state index in [1.807, 2.05) is 4.90 Å². The van der Waals surface area contributed by atoms with E-state index in [9.17, 15) is 4.79 Å². The van der Waals surface area contributed by atoms with E-state index in [0.717, 1.165) is 11.1 Å². The van der Waals surface area contributed by atoms with Crippen molar-refractivity contribution in [3.05, 3.63) is 46.2 Å². The Morgan fingerprint density at radius 2 is 1.78 bits per heavy atom. The lowest BCUT2D eigenvalue weighted by molar-refractivity contribution is 0.0998. The molecule has 2 N–H and O–H groups in total. The van der Waals surface area contributed by atoms with Gasteiger partial charge in [0.25, 0.3) is 5.91 Å². The number of nitrogens with two attached hydrogens (primary N) is 1. The van der Waals surface area contributed by atoms with Crippen LogP contribution in [0.2, 0.25) is 10.0 Å². The van der Waals surface area contributed by atoms with Crippen molar-refractivity contribution in [3.63, 3.8) is 0 Å². The highest BCUT2D eigenvalue weighted by Crippen LogP contribution is 2.35. The molecule has 0 unspecified atom stereocenters. The molecule has 0 radical (unpaired) electrons. The number of amides is 1. The Labute approximate surface area is 165 Å². The third-order valence-corrected chi connectivity index (χ3v) is 4.83. The minimum atomic E-state index is -0.566. The molecule has 4 rings (SSSR count). The Balaban J connectivity index is 1.98. The number of aromatic nitrogens is 3. The zero-order chi connectivity index (χ0) is 19.0. The van der Waals surface area contributed by atoms with Crippen molar-refractivity contribution in [2.45, 2.75) is 0 Å². The van der Waals surface area contributed by atoms with E-state index in [4.69, 9.17) is 33.7 Å². The summed E-state index contributed by atoms with van der Waals surface area (Å²) in [5.41, 5.74) is 9.09. The van der Waals surface area contributed by atoms with Crippen molar-refractivity contribution in [3.8, 4) is 11.1 Å². The number of morpholine rings is 1. The molecular weight excluding hydrogens is 389 g/mol. The van der Waals surface area contributed by atoms with Crippen LogP contribution in [0, 0.1) is 0 Å². The average Bonchev–Trinajstić information content (AvgIpc) is 2.66. The zero-order valence-electron chi connectivity index (χ0n) is 14.2. The van der Waals surface area contributed by atoms with Gasteiger partial charge in [-0.15, -0.1) is 5.10 Å². The normalized spacial score (nSPS) is 14.5. The summed E-state index contributed by atoms with van der Waals surface area (Å²) in [6.45, 7) is 2.35. The van der Waals surface area contributed by atoms with Gasteiger partial charge in [-0.2, -0.15) is 5.10 Å². The number of ether oxygens (including phenoxy) is 1. The summed E-state index contributed by atoms with van der Waals surface area (Å²) < 4.78 is 5.41. The van der Waals surface area contributed by atoms with Crippen molar-refractivity contribution in [1.29, 1.82) is 0 Å². The molecule has 1 aliphatic rings. The molecule has 3 aromatic rings. The molecule has 7 nitrogen and oxygen atoms in total. The molecule has 1 aromatic carbocycles. The van der Waals surface area contributed by atoms with Gasteiger partial charge in [-0.1, -0.05) is 23.2 Å². The maximum atomic E-state index is 12.0. The van der Waals surface area contributed by atoms with Gasteiger partial charge < -0.3 is 15.4 Å². The largest absolute Gasteiger partial charge is 0.378 e. The highest BCUT2D eigenvalue weighted by molar-refractivity contribution is 6.35. The number of carbonyl (C=O) groups excluding carboxylic acids is 1. The van der Waals surface area contributed by atoms with Crippen molar-refractivity contribution in [1.82, 2.24) is 15.2 Å². The number of pyridine rings is 1. The van der Waals surface area contributed by atoms with Crippen molar-refractivity contribution < 1.29 is 9.53 Å². The summed E-state index contributed by atoms with van der Waals surface area (Å²) in [6.07, 6.45) is 3.08. The Kier molecular flexibility index (Phi) is 4.82. The maximum absolute atomic E-state index is 12.0. The molecule has 1 fully saturated rings. The summed E-state index contributed by atoms with van der Waals surface area (Å²) in [6, 6.07) is 5.21. The summed E-state index contributed by atoms with van der Waals surface area (Å²) in [7, 11) is 0. The van der Waals surface area contributed by atoms with Crippen LogP contribution in [0.3, 0.4) is 0 Å². The lowest BCUT2D eigenvalue weighted by Crippen LogP contribution is -2.38. The zero-order valence-corrected chi connectivity index (χ0v) is 15.7. The van der Waals surface area contributed by atoms with Gasteiger partial charge in [0.1, 0.15) is 11.0 Å². The van der Waals surface area contributed by atoms with Gasteiger partial charge in [0.15, 0.2) is 0 Å². The van der Waals surface area contributed by atoms with Crippen LogP contribution in [-0.4, -0.2) is 47.4 Å². The Morgan fingerprint density at radius 3 is 2.44 bits per heavy atom. The molecule has 2 aromatic heterocycles. The quantitative estimate of drug-likeness (QED) is 0.722. The molecule has 0 bridgehead atoms. The molecule has 0 atom stereocenters. The number of nitrogens with zero attached hydrogens (tertiary/aromatic N) is 4. The molecule has 3 heterocycles. The number of rotatable bonds is 3. The average molecular weight is 404 g/mol. The van der Waals surface area contributed by atoms with Crippen molar-refractivity contribution >= 4 is 45.8 Å². The van der Waals surface area contributed by atoms with E-state index >= 15 is 0 Å². The highest BCUT2D eigenvalue weighted by Gasteiger charge is 2.23. The Hall–Kier alpha value is -2.48. The third kappa shape index (κ3) is 3.41. The minimum Gasteiger partial charge on any atom is -0.378 e. The van der Waals surface area contributed by atoms with Crippen molar-refractivity contribution in [2.24, 2.45) is 5.73 Å². The van der Waals surface area contributed by atoms with E-state index in [-0.39, 0.29) is 0 Å². The van der Waals surface area contributed by atoms with Gasteiger partial charge in [0.2, 0.25) is 0 Å².